The maximum Gasteiger partial charge on any atom is 0.155 e. The van der Waals surface area contributed by atoms with Crippen LogP contribution in [-0.2, 0) is 31.5 Å². The van der Waals surface area contributed by atoms with Gasteiger partial charge in [0.2, 0.25) is 0 Å². The molecular weight excluding hydrogens is 331 g/mol. The van der Waals surface area contributed by atoms with Crippen LogP contribution in [-0.4, -0.2) is 32.7 Å². The van der Waals surface area contributed by atoms with Crippen LogP contribution < -0.4 is 0 Å². The van der Waals surface area contributed by atoms with Crippen LogP contribution in [0.4, 0.5) is 0 Å². The first kappa shape index (κ1) is 28.3. The zero-order valence-electron chi connectivity index (χ0n) is 13.7. The Bertz CT molecular complexity index is 368. The van der Waals surface area contributed by atoms with Gasteiger partial charge in [0, 0.05) is 35.3 Å². The van der Waals surface area contributed by atoms with Crippen LogP contribution in [0.1, 0.15) is 41.5 Å². The van der Waals surface area contributed by atoms with Crippen molar-refractivity contribution in [3.05, 3.63) is 35.5 Å². The molecule has 0 saturated heterocycles. The van der Waals surface area contributed by atoms with Crippen LogP contribution in [0.2, 0.25) is 0 Å². The number of aliphatic hydroxyl groups is 3. The standard InChI is InChI=1S/3C5H8O2.Mn/c3*1-4(6)3-5(2)7;/h3*3,6H,1-2H3;/b3*4-3-;. The smallest absolute Gasteiger partial charge is 0.155 e. The van der Waals surface area contributed by atoms with E-state index in [-0.39, 0.29) is 51.7 Å². The van der Waals surface area contributed by atoms with Crippen molar-refractivity contribution in [2.24, 2.45) is 0 Å². The summed E-state index contributed by atoms with van der Waals surface area (Å²) in [6, 6.07) is 0. The van der Waals surface area contributed by atoms with Gasteiger partial charge in [-0.05, 0) is 41.5 Å². The van der Waals surface area contributed by atoms with Gasteiger partial charge in [-0.3, -0.25) is 14.4 Å². The second-order valence-electron chi connectivity index (χ2n) is 4.19. The van der Waals surface area contributed by atoms with Gasteiger partial charge in [0.15, 0.2) is 17.3 Å². The van der Waals surface area contributed by atoms with E-state index in [9.17, 15) is 14.4 Å². The van der Waals surface area contributed by atoms with Crippen molar-refractivity contribution < 1.29 is 46.8 Å². The number of carbonyl (C=O) groups is 3. The van der Waals surface area contributed by atoms with Crippen LogP contribution >= 0.6 is 0 Å². The molecular formula is C15H24MnO6. The molecule has 127 valence electrons. The van der Waals surface area contributed by atoms with Gasteiger partial charge in [0.25, 0.3) is 0 Å². The zero-order chi connectivity index (χ0) is 17.6. The number of aliphatic hydroxyl groups excluding tert-OH is 3. The molecule has 0 aliphatic carbocycles. The Morgan fingerprint density at radius 2 is 0.682 bits per heavy atom. The van der Waals surface area contributed by atoms with Gasteiger partial charge >= 0.3 is 0 Å². The summed E-state index contributed by atoms with van der Waals surface area (Å²) < 4.78 is 0. The van der Waals surface area contributed by atoms with Crippen LogP contribution in [0.25, 0.3) is 0 Å². The summed E-state index contributed by atoms with van der Waals surface area (Å²) in [5.41, 5.74) is 0. The molecule has 1 radical (unpaired) electrons. The minimum atomic E-state index is -0.125. The first-order valence-electron chi connectivity index (χ1n) is 6.02. The molecule has 0 heterocycles. The Kier molecular flexibility index (Phi) is 22.2. The van der Waals surface area contributed by atoms with E-state index in [1.54, 1.807) is 0 Å². The number of carbonyl (C=O) groups excluding carboxylic acids is 3. The Labute approximate surface area is 141 Å². The Balaban J connectivity index is -0.000000108. The molecule has 7 heteroatoms. The van der Waals surface area contributed by atoms with Crippen molar-refractivity contribution in [2.75, 3.05) is 0 Å². The molecule has 0 aromatic heterocycles. The fraction of sp³-hybridized carbons (Fsp3) is 0.400. The van der Waals surface area contributed by atoms with E-state index >= 15 is 0 Å². The molecule has 0 amide bonds. The fourth-order valence-electron chi connectivity index (χ4n) is 0.882. The predicted octanol–water partition coefficient (Wildman–Crippen LogP) is 3.11. The number of hydrogen-bond donors (Lipinski definition) is 3. The summed E-state index contributed by atoms with van der Waals surface area (Å²) in [5, 5.41) is 25.1. The molecule has 0 rings (SSSR count). The van der Waals surface area contributed by atoms with Gasteiger partial charge in [0.1, 0.15) is 0 Å². The van der Waals surface area contributed by atoms with Crippen molar-refractivity contribution in [1.82, 2.24) is 0 Å². The van der Waals surface area contributed by atoms with Crippen molar-refractivity contribution in [3.8, 4) is 0 Å². The van der Waals surface area contributed by atoms with Gasteiger partial charge in [-0.1, -0.05) is 0 Å². The van der Waals surface area contributed by atoms with E-state index in [1.165, 1.54) is 59.8 Å². The Morgan fingerprint density at radius 3 is 0.682 bits per heavy atom. The van der Waals surface area contributed by atoms with Gasteiger partial charge in [0.05, 0.1) is 17.3 Å². The predicted molar refractivity (Wildman–Crippen MR) is 81.2 cm³/mol. The number of ketones is 3. The average molecular weight is 355 g/mol. The van der Waals surface area contributed by atoms with Gasteiger partial charge < -0.3 is 15.3 Å². The molecule has 0 aliphatic rings. The number of rotatable bonds is 3. The molecule has 0 saturated carbocycles. The first-order valence-corrected chi connectivity index (χ1v) is 6.02. The maximum atomic E-state index is 10.0. The third kappa shape index (κ3) is 51.8. The van der Waals surface area contributed by atoms with Crippen LogP contribution in [0.3, 0.4) is 0 Å². The molecule has 0 spiro atoms. The number of allylic oxidation sites excluding steroid dienone is 6. The third-order valence-electron chi connectivity index (χ3n) is 1.24. The minimum Gasteiger partial charge on any atom is -0.512 e. The van der Waals surface area contributed by atoms with Gasteiger partial charge in [-0.2, -0.15) is 0 Å². The van der Waals surface area contributed by atoms with E-state index in [1.807, 2.05) is 0 Å². The second kappa shape index (κ2) is 17.2. The minimum absolute atomic E-state index is 0. The Hall–Kier alpha value is -1.85. The normalized spacial score (nSPS) is 10.9. The maximum absolute atomic E-state index is 10.0. The van der Waals surface area contributed by atoms with Crippen molar-refractivity contribution in [1.29, 1.82) is 0 Å². The van der Waals surface area contributed by atoms with E-state index in [2.05, 4.69) is 0 Å². The van der Waals surface area contributed by atoms with Crippen LogP contribution in [0.15, 0.2) is 35.5 Å². The average Bonchev–Trinajstić information content (AvgIpc) is 2.10. The van der Waals surface area contributed by atoms with E-state index in [0.29, 0.717) is 0 Å². The molecule has 3 N–H and O–H groups in total. The monoisotopic (exact) mass is 355 g/mol. The van der Waals surface area contributed by atoms with Gasteiger partial charge in [-0.25, -0.2) is 0 Å². The van der Waals surface area contributed by atoms with Crippen molar-refractivity contribution in [2.45, 2.75) is 41.5 Å². The molecule has 0 bridgehead atoms. The van der Waals surface area contributed by atoms with Crippen molar-refractivity contribution >= 4 is 17.3 Å². The zero-order valence-corrected chi connectivity index (χ0v) is 14.9. The van der Waals surface area contributed by atoms with Crippen molar-refractivity contribution in [3.63, 3.8) is 0 Å². The number of hydrogen-bond acceptors (Lipinski definition) is 6. The van der Waals surface area contributed by atoms with Gasteiger partial charge in [-0.15, -0.1) is 0 Å². The van der Waals surface area contributed by atoms with Crippen LogP contribution in [0, 0.1) is 0 Å². The summed E-state index contributed by atoms with van der Waals surface area (Å²) in [5.74, 6) is -0.187. The molecule has 0 fully saturated rings. The second-order valence-corrected chi connectivity index (χ2v) is 4.19. The first-order chi connectivity index (χ1) is 9.38. The third-order valence-corrected chi connectivity index (χ3v) is 1.24. The molecule has 0 aromatic carbocycles. The van der Waals surface area contributed by atoms with Crippen LogP contribution in [0.5, 0.6) is 0 Å². The topological polar surface area (TPSA) is 112 Å². The van der Waals surface area contributed by atoms with E-state index in [0.717, 1.165) is 0 Å². The summed E-state index contributed by atoms with van der Waals surface area (Å²) in [6.45, 7) is 8.54. The molecule has 0 aliphatic heterocycles. The molecule has 0 unspecified atom stereocenters. The molecule has 0 aromatic rings. The Morgan fingerprint density at radius 1 is 0.545 bits per heavy atom. The SMILES string of the molecule is CC(=O)/C=C(/C)O.CC(=O)/C=C(/C)O.CC(=O)/C=C(/C)O.[Mn]. The summed E-state index contributed by atoms with van der Waals surface area (Å²) in [6.07, 6.45) is 3.50. The van der Waals surface area contributed by atoms with E-state index in [4.69, 9.17) is 15.3 Å². The molecule has 22 heavy (non-hydrogen) atoms. The summed E-state index contributed by atoms with van der Waals surface area (Å²) >= 11 is 0. The summed E-state index contributed by atoms with van der Waals surface area (Å²) in [4.78, 5) is 30.1. The molecule has 0 atom stereocenters. The molecule has 6 nitrogen and oxygen atoms in total. The summed E-state index contributed by atoms with van der Waals surface area (Å²) in [7, 11) is 0. The van der Waals surface area contributed by atoms with E-state index < -0.39 is 0 Å². The fourth-order valence-corrected chi connectivity index (χ4v) is 0.882. The largest absolute Gasteiger partial charge is 0.512 e. The quantitative estimate of drug-likeness (QED) is 0.407.